The summed E-state index contributed by atoms with van der Waals surface area (Å²) >= 11 is 0. The number of ether oxygens (including phenoxy) is 1. The third kappa shape index (κ3) is 5.61. The molecule has 0 unspecified atom stereocenters. The number of hydroxylamine groups is 1. The van der Waals surface area contributed by atoms with Gasteiger partial charge in [-0.3, -0.25) is 14.9 Å². The number of fused-ring (bicyclic) bond motifs is 1. The van der Waals surface area contributed by atoms with E-state index in [1.165, 1.54) is 28.1 Å². The molecule has 0 aliphatic carbocycles. The molecule has 2 aromatic carbocycles. The maximum absolute atomic E-state index is 11.2. The van der Waals surface area contributed by atoms with Crippen molar-refractivity contribution in [2.24, 2.45) is 0 Å². The highest BCUT2D eigenvalue weighted by atomic mass is 16.5. The first-order chi connectivity index (χ1) is 15.2. The molecule has 162 valence electrons. The van der Waals surface area contributed by atoms with Gasteiger partial charge in [0.15, 0.2) is 0 Å². The molecular weight excluding hydrogens is 390 g/mol. The molecule has 6 heteroatoms. The first-order valence-corrected chi connectivity index (χ1v) is 10.8. The minimum Gasteiger partial charge on any atom is -0.381 e. The Labute approximate surface area is 182 Å². The normalized spacial score (nSPS) is 15.2. The van der Waals surface area contributed by atoms with Crippen LogP contribution in [-0.2, 0) is 22.5 Å². The quantitative estimate of drug-likeness (QED) is 0.294. The van der Waals surface area contributed by atoms with Gasteiger partial charge in [0.2, 0.25) is 0 Å². The molecule has 31 heavy (non-hydrogen) atoms. The monoisotopic (exact) mass is 419 g/mol. The predicted octanol–water partition coefficient (Wildman–Crippen LogP) is 3.91. The zero-order valence-electron chi connectivity index (χ0n) is 17.6. The third-order valence-electron chi connectivity index (χ3n) is 5.95. The molecule has 0 bridgehead atoms. The topological polar surface area (TPSA) is 77.6 Å². The van der Waals surface area contributed by atoms with E-state index in [4.69, 9.17) is 9.94 Å². The summed E-state index contributed by atoms with van der Waals surface area (Å²) in [6, 6.07) is 17.2. The van der Waals surface area contributed by atoms with E-state index in [0.29, 0.717) is 6.04 Å². The molecule has 1 fully saturated rings. The molecule has 0 saturated carbocycles. The lowest BCUT2D eigenvalue weighted by molar-refractivity contribution is -0.124. The third-order valence-corrected chi connectivity index (χ3v) is 5.95. The molecule has 1 amide bonds. The van der Waals surface area contributed by atoms with Gasteiger partial charge in [-0.2, -0.15) is 0 Å². The van der Waals surface area contributed by atoms with E-state index < -0.39 is 5.91 Å². The lowest BCUT2D eigenvalue weighted by atomic mass is 10.0. The number of nitrogens with zero attached hydrogens (tertiary/aromatic N) is 1. The fourth-order valence-electron chi connectivity index (χ4n) is 4.22. The van der Waals surface area contributed by atoms with Crippen LogP contribution < -0.4 is 5.48 Å². The van der Waals surface area contributed by atoms with Crippen LogP contribution in [0.25, 0.3) is 17.0 Å². The van der Waals surface area contributed by atoms with Crippen LogP contribution in [0.2, 0.25) is 0 Å². The number of aromatic amines is 1. The number of rotatable bonds is 8. The van der Waals surface area contributed by atoms with Crippen LogP contribution >= 0.6 is 0 Å². The van der Waals surface area contributed by atoms with E-state index in [0.717, 1.165) is 51.1 Å². The number of H-pyrrole nitrogens is 1. The zero-order valence-corrected chi connectivity index (χ0v) is 17.6. The van der Waals surface area contributed by atoms with Crippen LogP contribution in [0.4, 0.5) is 0 Å². The first-order valence-electron chi connectivity index (χ1n) is 10.8. The van der Waals surface area contributed by atoms with Crippen LogP contribution in [0.1, 0.15) is 29.5 Å². The van der Waals surface area contributed by atoms with Gasteiger partial charge in [0.25, 0.3) is 5.91 Å². The number of aromatic nitrogens is 1. The molecule has 1 saturated heterocycles. The van der Waals surface area contributed by atoms with E-state index >= 15 is 0 Å². The average Bonchev–Trinajstić information content (AvgIpc) is 3.24. The second-order valence-electron chi connectivity index (χ2n) is 7.97. The van der Waals surface area contributed by atoms with Crippen molar-refractivity contribution in [2.75, 3.05) is 19.8 Å². The number of hydrogen-bond acceptors (Lipinski definition) is 4. The van der Waals surface area contributed by atoms with Gasteiger partial charge in [0.1, 0.15) is 0 Å². The highest BCUT2D eigenvalue weighted by molar-refractivity contribution is 5.90. The Kier molecular flexibility index (Phi) is 7.14. The van der Waals surface area contributed by atoms with Crippen molar-refractivity contribution in [2.45, 2.75) is 31.8 Å². The van der Waals surface area contributed by atoms with Gasteiger partial charge in [0, 0.05) is 55.5 Å². The Balaban J connectivity index is 1.45. The Morgan fingerprint density at radius 1 is 1.16 bits per heavy atom. The molecule has 1 aromatic heterocycles. The fourth-order valence-corrected chi connectivity index (χ4v) is 4.22. The molecule has 1 aliphatic rings. The second kappa shape index (κ2) is 10.4. The van der Waals surface area contributed by atoms with E-state index in [-0.39, 0.29) is 0 Å². The molecule has 2 heterocycles. The summed E-state index contributed by atoms with van der Waals surface area (Å²) in [7, 11) is 0. The Morgan fingerprint density at radius 3 is 2.71 bits per heavy atom. The summed E-state index contributed by atoms with van der Waals surface area (Å²) in [5.41, 5.74) is 6.31. The summed E-state index contributed by atoms with van der Waals surface area (Å²) in [5.74, 6) is -0.535. The van der Waals surface area contributed by atoms with Crippen molar-refractivity contribution in [3.05, 3.63) is 77.5 Å². The van der Waals surface area contributed by atoms with Gasteiger partial charge in [-0.1, -0.05) is 42.5 Å². The van der Waals surface area contributed by atoms with Gasteiger partial charge in [-0.15, -0.1) is 0 Å². The van der Waals surface area contributed by atoms with Gasteiger partial charge >= 0.3 is 0 Å². The van der Waals surface area contributed by atoms with E-state index in [1.807, 2.05) is 12.1 Å². The van der Waals surface area contributed by atoms with Crippen LogP contribution in [0, 0.1) is 0 Å². The van der Waals surface area contributed by atoms with Crippen molar-refractivity contribution < 1.29 is 14.7 Å². The van der Waals surface area contributed by atoms with E-state index in [2.05, 4.69) is 52.5 Å². The highest BCUT2D eigenvalue weighted by Gasteiger charge is 2.22. The first kappa shape index (κ1) is 21.3. The molecule has 3 aromatic rings. The average molecular weight is 420 g/mol. The summed E-state index contributed by atoms with van der Waals surface area (Å²) in [4.78, 5) is 17.1. The summed E-state index contributed by atoms with van der Waals surface area (Å²) in [6.07, 6.45) is 8.25. The van der Waals surface area contributed by atoms with Crippen molar-refractivity contribution in [3.8, 4) is 0 Å². The number of carbonyl (C=O) groups is 1. The predicted molar refractivity (Wildman–Crippen MR) is 122 cm³/mol. The zero-order chi connectivity index (χ0) is 21.5. The van der Waals surface area contributed by atoms with Crippen molar-refractivity contribution in [1.29, 1.82) is 0 Å². The smallest absolute Gasteiger partial charge is 0.267 e. The number of carbonyl (C=O) groups excluding carboxylic acids is 1. The molecule has 0 spiro atoms. The lowest BCUT2D eigenvalue weighted by Crippen LogP contribution is -2.40. The van der Waals surface area contributed by atoms with Crippen LogP contribution in [0.3, 0.4) is 0 Å². The molecule has 4 rings (SSSR count). The molecule has 0 atom stereocenters. The number of benzene rings is 2. The van der Waals surface area contributed by atoms with E-state index in [1.54, 1.807) is 11.6 Å². The minimum atomic E-state index is -0.535. The maximum Gasteiger partial charge on any atom is 0.267 e. The SMILES string of the molecule is O=C(C=Cc1ccc(CN(CCc2c[nH]c3ccccc23)C2CCOCC2)cc1)NO. The maximum atomic E-state index is 11.2. The Morgan fingerprint density at radius 2 is 1.94 bits per heavy atom. The van der Waals surface area contributed by atoms with Crippen LogP contribution in [0.15, 0.2) is 60.8 Å². The lowest BCUT2D eigenvalue weighted by Gasteiger charge is -2.34. The molecule has 0 radical (unpaired) electrons. The summed E-state index contributed by atoms with van der Waals surface area (Å²) in [6.45, 7) is 3.52. The number of para-hydroxylation sites is 1. The van der Waals surface area contributed by atoms with Crippen molar-refractivity contribution in [1.82, 2.24) is 15.4 Å². The second-order valence-corrected chi connectivity index (χ2v) is 7.97. The van der Waals surface area contributed by atoms with Crippen molar-refractivity contribution in [3.63, 3.8) is 0 Å². The molecule has 3 N–H and O–H groups in total. The summed E-state index contributed by atoms with van der Waals surface area (Å²) in [5, 5.41) is 9.89. The minimum absolute atomic E-state index is 0.520. The number of hydrogen-bond donors (Lipinski definition) is 3. The number of amides is 1. The van der Waals surface area contributed by atoms with Gasteiger partial charge in [-0.25, -0.2) is 5.48 Å². The molecule has 6 nitrogen and oxygen atoms in total. The van der Waals surface area contributed by atoms with Gasteiger partial charge < -0.3 is 9.72 Å². The Hall–Kier alpha value is -2.93. The van der Waals surface area contributed by atoms with Crippen molar-refractivity contribution >= 4 is 22.9 Å². The highest BCUT2D eigenvalue weighted by Crippen LogP contribution is 2.22. The van der Waals surface area contributed by atoms with Gasteiger partial charge in [-0.05, 0) is 48.1 Å². The molecular formula is C25H29N3O3. The van der Waals surface area contributed by atoms with Gasteiger partial charge in [0.05, 0.1) is 0 Å². The molecule has 1 aliphatic heterocycles. The summed E-state index contributed by atoms with van der Waals surface area (Å²) < 4.78 is 5.59. The largest absolute Gasteiger partial charge is 0.381 e. The van der Waals surface area contributed by atoms with Crippen LogP contribution in [-0.4, -0.2) is 46.8 Å². The van der Waals surface area contributed by atoms with E-state index in [9.17, 15) is 4.79 Å². The fraction of sp³-hybridized carbons (Fsp3) is 0.320. The standard InChI is InChI=1S/C25H29N3O3/c29-25(27-30)10-9-19-5-7-20(8-6-19)18-28(22-12-15-31-16-13-22)14-11-21-17-26-24-4-2-1-3-23(21)24/h1-10,17,22,26,30H,11-16,18H2,(H,27,29). The van der Waals surface area contributed by atoms with Crippen LogP contribution in [0.5, 0.6) is 0 Å². The Bertz CT molecular complexity index is 1020. The number of nitrogens with one attached hydrogen (secondary N) is 2.